The van der Waals surface area contributed by atoms with Crippen LogP contribution in [0.25, 0.3) is 10.2 Å². The van der Waals surface area contributed by atoms with Gasteiger partial charge in [0.15, 0.2) is 0 Å². The first-order chi connectivity index (χ1) is 9.95. The third kappa shape index (κ3) is 2.98. The number of hydrogen-bond acceptors (Lipinski definition) is 4. The van der Waals surface area contributed by atoms with Crippen molar-refractivity contribution in [3.05, 3.63) is 42.9 Å². The van der Waals surface area contributed by atoms with Gasteiger partial charge in [-0.1, -0.05) is 23.2 Å². The average molecular weight is 424 g/mol. The number of aryl methyl sites for hydroxylation is 1. The molecule has 0 saturated heterocycles. The second kappa shape index (κ2) is 5.89. The molecule has 1 N–H and O–H groups in total. The van der Waals surface area contributed by atoms with Crippen LogP contribution in [-0.4, -0.2) is 9.97 Å². The van der Waals surface area contributed by atoms with E-state index in [1.54, 1.807) is 11.3 Å². The molecule has 21 heavy (non-hydrogen) atoms. The lowest BCUT2D eigenvalue weighted by molar-refractivity contribution is 1.23. The Balaban J connectivity index is 2.12. The summed E-state index contributed by atoms with van der Waals surface area (Å²) in [6.45, 7) is 2.01. The quantitative estimate of drug-likeness (QED) is 0.379. The minimum atomic E-state index is 0.186. The third-order valence-corrected chi connectivity index (χ3v) is 5.66. The first-order valence-electron chi connectivity index (χ1n) is 5.80. The van der Waals surface area contributed by atoms with Crippen molar-refractivity contribution in [3.8, 4) is 0 Å². The Morgan fingerprint density at radius 1 is 1.14 bits per heavy atom. The van der Waals surface area contributed by atoms with Gasteiger partial charge in [0.25, 0.3) is 0 Å². The summed E-state index contributed by atoms with van der Waals surface area (Å²) >= 11 is 23.2. The summed E-state index contributed by atoms with van der Waals surface area (Å²) in [6.07, 6.45) is 0. The van der Waals surface area contributed by atoms with Crippen LogP contribution in [0.3, 0.4) is 0 Å². The number of rotatable bonds is 2. The van der Waals surface area contributed by atoms with Crippen molar-refractivity contribution in [2.75, 3.05) is 5.32 Å². The molecule has 1 aromatic carbocycles. The zero-order chi connectivity index (χ0) is 15.1. The van der Waals surface area contributed by atoms with Crippen LogP contribution in [0.5, 0.6) is 0 Å². The van der Waals surface area contributed by atoms with E-state index in [0.29, 0.717) is 21.6 Å². The first kappa shape index (κ1) is 15.3. The van der Waals surface area contributed by atoms with Crippen molar-refractivity contribution in [3.63, 3.8) is 0 Å². The molecule has 2 aromatic heterocycles. The van der Waals surface area contributed by atoms with Crippen LogP contribution in [0.4, 0.5) is 11.5 Å². The molecule has 0 aliphatic rings. The van der Waals surface area contributed by atoms with Crippen molar-refractivity contribution < 1.29 is 0 Å². The van der Waals surface area contributed by atoms with Gasteiger partial charge in [-0.15, -0.1) is 11.3 Å². The van der Waals surface area contributed by atoms with E-state index in [0.717, 1.165) is 19.6 Å². The maximum atomic E-state index is 6.25. The smallest absolute Gasteiger partial charge is 0.225 e. The zero-order valence-electron chi connectivity index (χ0n) is 10.5. The highest BCUT2D eigenvalue weighted by Crippen LogP contribution is 2.38. The summed E-state index contributed by atoms with van der Waals surface area (Å²) in [7, 11) is 0. The van der Waals surface area contributed by atoms with E-state index in [1.165, 1.54) is 0 Å². The lowest BCUT2D eigenvalue weighted by atomic mass is 10.3. The van der Waals surface area contributed by atoms with E-state index in [9.17, 15) is 0 Å². The maximum Gasteiger partial charge on any atom is 0.225 e. The Kier molecular flexibility index (Phi) is 4.30. The van der Waals surface area contributed by atoms with Crippen LogP contribution < -0.4 is 5.32 Å². The summed E-state index contributed by atoms with van der Waals surface area (Å²) in [5.74, 6) is 0.606. The van der Waals surface area contributed by atoms with Crippen molar-refractivity contribution in [2.45, 2.75) is 6.92 Å². The fourth-order valence-electron chi connectivity index (χ4n) is 1.86. The predicted molar refractivity (Wildman–Crippen MR) is 94.6 cm³/mol. The number of halogens is 4. The lowest BCUT2D eigenvalue weighted by Crippen LogP contribution is -1.97. The predicted octanol–water partition coefficient (Wildman–Crippen LogP) is 6.47. The van der Waals surface area contributed by atoms with E-state index in [1.807, 2.05) is 25.1 Å². The number of hydrogen-bond donors (Lipinski definition) is 1. The topological polar surface area (TPSA) is 37.8 Å². The van der Waals surface area contributed by atoms with Gasteiger partial charge in [-0.25, -0.2) is 4.98 Å². The van der Waals surface area contributed by atoms with E-state index < -0.39 is 0 Å². The molecule has 3 rings (SSSR count). The Labute approximate surface area is 148 Å². The Morgan fingerprint density at radius 3 is 2.67 bits per heavy atom. The maximum absolute atomic E-state index is 6.25. The van der Waals surface area contributed by atoms with Gasteiger partial charge in [0, 0.05) is 9.35 Å². The van der Waals surface area contributed by atoms with Gasteiger partial charge in [-0.3, -0.25) is 0 Å². The average Bonchev–Trinajstić information content (AvgIpc) is 2.79. The molecule has 3 nitrogen and oxygen atoms in total. The number of nitrogens with zero attached hydrogens (tertiary/aromatic N) is 2. The highest BCUT2D eigenvalue weighted by atomic mass is 79.9. The summed E-state index contributed by atoms with van der Waals surface area (Å²) in [5.41, 5.74) is 0.657. The van der Waals surface area contributed by atoms with Gasteiger partial charge in [0.2, 0.25) is 5.28 Å². The highest BCUT2D eigenvalue weighted by molar-refractivity contribution is 9.10. The van der Waals surface area contributed by atoms with Crippen LogP contribution in [0.1, 0.15) is 4.88 Å². The largest absolute Gasteiger partial charge is 0.338 e. The molecule has 0 aliphatic heterocycles. The molecule has 0 amide bonds. The van der Waals surface area contributed by atoms with Gasteiger partial charge in [0.1, 0.15) is 10.6 Å². The summed E-state index contributed by atoms with van der Waals surface area (Å²) in [4.78, 5) is 10.4. The number of anilines is 2. The van der Waals surface area contributed by atoms with Gasteiger partial charge in [-0.2, -0.15) is 4.98 Å². The van der Waals surface area contributed by atoms with Crippen LogP contribution in [0.15, 0.2) is 22.7 Å². The van der Waals surface area contributed by atoms with E-state index >= 15 is 0 Å². The third-order valence-electron chi connectivity index (χ3n) is 2.78. The van der Waals surface area contributed by atoms with Crippen LogP contribution in [0.2, 0.25) is 15.3 Å². The highest BCUT2D eigenvalue weighted by Gasteiger charge is 2.13. The molecule has 0 aliphatic carbocycles. The molecular weight excluding hydrogens is 416 g/mol. The number of nitrogens with one attached hydrogen (secondary N) is 1. The Morgan fingerprint density at radius 2 is 1.90 bits per heavy atom. The molecule has 2 heterocycles. The lowest BCUT2D eigenvalue weighted by Gasteiger charge is -2.10. The number of benzene rings is 1. The zero-order valence-corrected chi connectivity index (χ0v) is 15.2. The monoisotopic (exact) mass is 421 g/mol. The molecule has 108 valence electrons. The van der Waals surface area contributed by atoms with Crippen molar-refractivity contribution >= 4 is 83.8 Å². The number of aromatic nitrogens is 2. The summed E-state index contributed by atoms with van der Waals surface area (Å²) < 4.78 is 0.733. The standard InChI is InChI=1S/C13H7BrCl3N3S/c1-5-4-6-11(19-13(17)20-12(6)21-5)18-8-3-2-7(14)9(15)10(8)16/h2-4H,1H3,(H,18,19,20). The second-order valence-electron chi connectivity index (χ2n) is 4.27. The molecule has 0 saturated carbocycles. The second-order valence-corrected chi connectivity index (χ2v) is 7.45. The van der Waals surface area contributed by atoms with Gasteiger partial charge < -0.3 is 5.32 Å². The molecule has 3 aromatic rings. The Bertz CT molecular complexity index is 850. The van der Waals surface area contributed by atoms with Crippen molar-refractivity contribution in [1.82, 2.24) is 9.97 Å². The van der Waals surface area contributed by atoms with E-state index in [4.69, 9.17) is 34.8 Å². The van der Waals surface area contributed by atoms with Gasteiger partial charge in [0.05, 0.1) is 21.1 Å². The molecule has 0 fully saturated rings. The van der Waals surface area contributed by atoms with Crippen LogP contribution in [0, 0.1) is 6.92 Å². The van der Waals surface area contributed by atoms with E-state index in [-0.39, 0.29) is 5.28 Å². The fourth-order valence-corrected chi connectivity index (χ4v) is 3.78. The van der Waals surface area contributed by atoms with Crippen LogP contribution in [-0.2, 0) is 0 Å². The molecule has 0 bridgehead atoms. The van der Waals surface area contributed by atoms with Crippen molar-refractivity contribution in [2.24, 2.45) is 0 Å². The SMILES string of the molecule is Cc1cc2c(Nc3ccc(Br)c(Cl)c3Cl)nc(Cl)nc2s1. The Hall–Kier alpha value is -0.590. The minimum absolute atomic E-state index is 0.186. The molecule has 0 spiro atoms. The van der Waals surface area contributed by atoms with Crippen LogP contribution >= 0.6 is 62.1 Å². The summed E-state index contributed by atoms with van der Waals surface area (Å²) in [5, 5.41) is 5.12. The summed E-state index contributed by atoms with van der Waals surface area (Å²) in [6, 6.07) is 5.64. The van der Waals surface area contributed by atoms with Gasteiger partial charge in [-0.05, 0) is 52.7 Å². The molecule has 8 heteroatoms. The normalized spacial score (nSPS) is 11.1. The number of thiophene rings is 1. The number of fused-ring (bicyclic) bond motifs is 1. The van der Waals surface area contributed by atoms with E-state index in [2.05, 4.69) is 31.2 Å². The molecule has 0 radical (unpaired) electrons. The fraction of sp³-hybridized carbons (Fsp3) is 0.0769. The molecule has 0 atom stereocenters. The molecular formula is C13H7BrCl3N3S. The minimum Gasteiger partial charge on any atom is -0.338 e. The van der Waals surface area contributed by atoms with Gasteiger partial charge >= 0.3 is 0 Å². The van der Waals surface area contributed by atoms with Crippen molar-refractivity contribution in [1.29, 1.82) is 0 Å². The first-order valence-corrected chi connectivity index (χ1v) is 8.54. The molecule has 0 unspecified atom stereocenters.